The van der Waals surface area contributed by atoms with Gasteiger partial charge in [-0.05, 0) is 30.3 Å². The maximum atomic E-state index is 11.2. The third-order valence-electron chi connectivity index (χ3n) is 4.07. The van der Waals surface area contributed by atoms with Crippen molar-refractivity contribution in [3.8, 4) is 16.3 Å². The molecule has 0 radical (unpaired) electrons. The summed E-state index contributed by atoms with van der Waals surface area (Å²) >= 11 is 4.67. The zero-order valence-corrected chi connectivity index (χ0v) is 19.2. The van der Waals surface area contributed by atoms with Gasteiger partial charge in [-0.3, -0.25) is 4.79 Å². The molecule has 0 aliphatic heterocycles. The highest BCUT2D eigenvalue weighted by molar-refractivity contribution is 8.00. The van der Waals surface area contributed by atoms with Gasteiger partial charge in [-0.1, -0.05) is 41.3 Å². The molecule has 0 bridgehead atoms. The monoisotopic (exact) mass is 469 g/mol. The molecule has 2 N–H and O–H groups in total. The smallest absolute Gasteiger partial charge is 0.221 e. The zero-order chi connectivity index (χ0) is 21.6. The molecular weight excluding hydrogens is 450 g/mol. The first-order valence-electron chi connectivity index (χ1n) is 9.29. The van der Waals surface area contributed by atoms with Gasteiger partial charge in [0.15, 0.2) is 4.34 Å². The molecule has 0 unspecified atom stereocenters. The predicted octanol–water partition coefficient (Wildman–Crippen LogP) is 5.66. The summed E-state index contributed by atoms with van der Waals surface area (Å²) in [6.07, 6.45) is 0. The fourth-order valence-corrected chi connectivity index (χ4v) is 5.39. The van der Waals surface area contributed by atoms with E-state index < -0.39 is 0 Å². The Bertz CT molecular complexity index is 1190. The second-order valence-electron chi connectivity index (χ2n) is 6.39. The maximum Gasteiger partial charge on any atom is 0.221 e. The van der Waals surface area contributed by atoms with E-state index in [1.54, 1.807) is 30.2 Å². The van der Waals surface area contributed by atoms with Gasteiger partial charge in [0.05, 0.1) is 18.4 Å². The quantitative estimate of drug-likeness (QED) is 0.322. The van der Waals surface area contributed by atoms with Crippen molar-refractivity contribution in [2.45, 2.75) is 17.0 Å². The average molecular weight is 470 g/mol. The van der Waals surface area contributed by atoms with Crippen LogP contribution in [0.3, 0.4) is 0 Å². The maximum absolute atomic E-state index is 11.2. The molecule has 2 aromatic carbocycles. The number of nitrogens with one attached hydrogen (secondary N) is 2. The van der Waals surface area contributed by atoms with E-state index in [1.165, 1.54) is 18.3 Å². The number of amides is 1. The van der Waals surface area contributed by atoms with Crippen LogP contribution in [0.2, 0.25) is 0 Å². The van der Waals surface area contributed by atoms with E-state index in [1.807, 2.05) is 48.5 Å². The molecule has 158 valence electrons. The van der Waals surface area contributed by atoms with Gasteiger partial charge in [-0.15, -0.1) is 21.5 Å². The molecule has 0 aliphatic rings. The minimum Gasteiger partial charge on any atom is -0.496 e. The summed E-state index contributed by atoms with van der Waals surface area (Å²) < 4.78 is 6.29. The molecule has 10 heteroatoms. The van der Waals surface area contributed by atoms with Gasteiger partial charge in [0, 0.05) is 29.4 Å². The van der Waals surface area contributed by atoms with Crippen molar-refractivity contribution in [3.05, 3.63) is 59.6 Å². The standard InChI is InChI=1S/C21H19N5O2S3/c1-13(27)22-14-6-5-7-15(10-14)24-20-25-26-21(31-20)30-12-16-11-29-19(23-16)17-8-3-4-9-18(17)28-2/h3-11H,12H2,1-2H3,(H,22,27)(H,24,25). The highest BCUT2D eigenvalue weighted by Crippen LogP contribution is 2.34. The minimum atomic E-state index is -0.109. The molecule has 0 spiro atoms. The summed E-state index contributed by atoms with van der Waals surface area (Å²) in [5.74, 6) is 1.42. The number of thiazole rings is 1. The van der Waals surface area contributed by atoms with Crippen LogP contribution in [0.15, 0.2) is 58.3 Å². The number of thioether (sulfide) groups is 1. The Morgan fingerprint density at radius 2 is 1.97 bits per heavy atom. The first-order chi connectivity index (χ1) is 15.1. The van der Waals surface area contributed by atoms with Crippen LogP contribution in [-0.2, 0) is 10.5 Å². The fourth-order valence-electron chi connectivity index (χ4n) is 2.77. The van der Waals surface area contributed by atoms with Gasteiger partial charge < -0.3 is 15.4 Å². The first-order valence-corrected chi connectivity index (χ1v) is 12.0. The summed E-state index contributed by atoms with van der Waals surface area (Å²) in [4.78, 5) is 16.0. The van der Waals surface area contributed by atoms with Crippen LogP contribution >= 0.6 is 34.4 Å². The number of nitrogens with zero attached hydrogens (tertiary/aromatic N) is 3. The van der Waals surface area contributed by atoms with Crippen LogP contribution < -0.4 is 15.4 Å². The largest absolute Gasteiger partial charge is 0.496 e. The molecule has 4 rings (SSSR count). The topological polar surface area (TPSA) is 89.0 Å². The number of carbonyl (C=O) groups excluding carboxylic acids is 1. The van der Waals surface area contributed by atoms with Crippen LogP contribution in [-0.4, -0.2) is 28.2 Å². The van der Waals surface area contributed by atoms with E-state index in [-0.39, 0.29) is 5.91 Å². The lowest BCUT2D eigenvalue weighted by Crippen LogP contribution is -2.05. The number of carbonyl (C=O) groups is 1. The SMILES string of the molecule is COc1ccccc1-c1nc(CSc2nnc(Nc3cccc(NC(C)=O)c3)s2)cs1. The van der Waals surface area contributed by atoms with Crippen molar-refractivity contribution in [3.63, 3.8) is 0 Å². The lowest BCUT2D eigenvalue weighted by Gasteiger charge is -2.05. The van der Waals surface area contributed by atoms with Crippen molar-refractivity contribution >= 4 is 56.8 Å². The summed E-state index contributed by atoms with van der Waals surface area (Å²) in [6.45, 7) is 1.48. The zero-order valence-electron chi connectivity index (χ0n) is 16.8. The van der Waals surface area contributed by atoms with Gasteiger partial charge >= 0.3 is 0 Å². The Kier molecular flexibility index (Phi) is 6.80. The highest BCUT2D eigenvalue weighted by atomic mass is 32.2. The van der Waals surface area contributed by atoms with Gasteiger partial charge in [0.1, 0.15) is 10.8 Å². The number of aromatic nitrogens is 3. The molecular formula is C21H19N5O2S3. The van der Waals surface area contributed by atoms with Gasteiger partial charge in [-0.25, -0.2) is 4.98 Å². The molecule has 0 atom stereocenters. The average Bonchev–Trinajstić information content (AvgIpc) is 3.41. The van der Waals surface area contributed by atoms with Crippen molar-refractivity contribution in [1.82, 2.24) is 15.2 Å². The van der Waals surface area contributed by atoms with Gasteiger partial charge in [0.25, 0.3) is 0 Å². The van der Waals surface area contributed by atoms with E-state index in [0.29, 0.717) is 10.9 Å². The number of hydrogen-bond donors (Lipinski definition) is 2. The summed E-state index contributed by atoms with van der Waals surface area (Å²) in [5.41, 5.74) is 3.55. The Balaban J connectivity index is 1.37. The van der Waals surface area contributed by atoms with E-state index in [9.17, 15) is 4.79 Å². The van der Waals surface area contributed by atoms with Crippen molar-refractivity contribution in [2.24, 2.45) is 0 Å². The molecule has 7 nitrogen and oxygen atoms in total. The molecule has 2 heterocycles. The lowest BCUT2D eigenvalue weighted by atomic mass is 10.2. The van der Waals surface area contributed by atoms with Crippen molar-refractivity contribution in [2.75, 3.05) is 17.7 Å². The number of ether oxygens (including phenoxy) is 1. The lowest BCUT2D eigenvalue weighted by molar-refractivity contribution is -0.114. The summed E-state index contributed by atoms with van der Waals surface area (Å²) in [7, 11) is 1.67. The van der Waals surface area contributed by atoms with E-state index >= 15 is 0 Å². The van der Waals surface area contributed by atoms with E-state index in [0.717, 1.165) is 37.7 Å². The number of benzene rings is 2. The molecule has 1 amide bonds. The van der Waals surface area contributed by atoms with Crippen LogP contribution in [0.25, 0.3) is 10.6 Å². The molecule has 31 heavy (non-hydrogen) atoms. The van der Waals surface area contributed by atoms with E-state index in [2.05, 4.69) is 26.2 Å². The summed E-state index contributed by atoms with van der Waals surface area (Å²) in [5, 5.41) is 18.1. The predicted molar refractivity (Wildman–Crippen MR) is 128 cm³/mol. The number of para-hydroxylation sites is 1. The first kappa shape index (κ1) is 21.3. The van der Waals surface area contributed by atoms with Crippen LogP contribution in [0.5, 0.6) is 5.75 Å². The normalized spacial score (nSPS) is 10.6. The number of hydrogen-bond acceptors (Lipinski definition) is 9. The molecule has 0 aliphatic carbocycles. The Morgan fingerprint density at radius 1 is 1.13 bits per heavy atom. The third-order valence-corrected chi connectivity index (χ3v) is 7.00. The molecule has 2 aromatic heterocycles. The van der Waals surface area contributed by atoms with Gasteiger partial charge in [-0.2, -0.15) is 0 Å². The van der Waals surface area contributed by atoms with Crippen LogP contribution in [0.4, 0.5) is 16.5 Å². The number of rotatable bonds is 8. The Morgan fingerprint density at radius 3 is 2.81 bits per heavy atom. The molecule has 0 saturated heterocycles. The molecule has 0 saturated carbocycles. The minimum absolute atomic E-state index is 0.109. The fraction of sp³-hybridized carbons (Fsp3) is 0.143. The molecule has 0 fully saturated rings. The Hall–Kier alpha value is -2.95. The highest BCUT2D eigenvalue weighted by Gasteiger charge is 2.11. The molecule has 4 aromatic rings. The number of anilines is 3. The second kappa shape index (κ2) is 9.90. The second-order valence-corrected chi connectivity index (χ2v) is 9.45. The van der Waals surface area contributed by atoms with Crippen LogP contribution in [0.1, 0.15) is 12.6 Å². The number of methoxy groups -OCH3 is 1. The van der Waals surface area contributed by atoms with Gasteiger partial charge in [0.2, 0.25) is 11.0 Å². The third kappa shape index (κ3) is 5.60. The van der Waals surface area contributed by atoms with Crippen molar-refractivity contribution < 1.29 is 9.53 Å². The Labute approximate surface area is 191 Å². The van der Waals surface area contributed by atoms with Crippen molar-refractivity contribution in [1.29, 1.82) is 0 Å². The van der Waals surface area contributed by atoms with E-state index in [4.69, 9.17) is 9.72 Å². The summed E-state index contributed by atoms with van der Waals surface area (Å²) in [6, 6.07) is 15.3. The van der Waals surface area contributed by atoms with Crippen LogP contribution in [0, 0.1) is 0 Å².